The van der Waals surface area contributed by atoms with Crippen molar-refractivity contribution in [1.29, 1.82) is 0 Å². The van der Waals surface area contributed by atoms with Gasteiger partial charge in [-0.25, -0.2) is 13.4 Å². The van der Waals surface area contributed by atoms with Gasteiger partial charge in [-0.05, 0) is 54.6 Å². The van der Waals surface area contributed by atoms with Crippen molar-refractivity contribution in [1.82, 2.24) is 9.29 Å². The first kappa shape index (κ1) is 22.5. The average Bonchev–Trinajstić information content (AvgIpc) is 3.58. The fourth-order valence-corrected chi connectivity index (χ4v) is 7.83. The van der Waals surface area contributed by atoms with E-state index in [2.05, 4.69) is 4.98 Å². The first-order valence-corrected chi connectivity index (χ1v) is 13.9. The van der Waals surface area contributed by atoms with Crippen LogP contribution in [-0.4, -0.2) is 36.7 Å². The lowest BCUT2D eigenvalue weighted by molar-refractivity contribution is -0.123. The third kappa shape index (κ3) is 4.58. The number of rotatable bonds is 6. The number of thiophene rings is 1. The maximum Gasteiger partial charge on any atom is 0.252 e. The molecule has 5 rings (SSSR count). The highest BCUT2D eigenvalue weighted by atomic mass is 35.5. The molecule has 3 aromatic heterocycles. The number of carbonyl (C=O) groups excluding carboxylic acids is 1. The van der Waals surface area contributed by atoms with E-state index in [1.165, 1.54) is 27.0 Å². The predicted molar refractivity (Wildman–Crippen MR) is 130 cm³/mol. The molecule has 7 nitrogen and oxygen atoms in total. The van der Waals surface area contributed by atoms with Crippen LogP contribution in [-0.2, 0) is 21.4 Å². The summed E-state index contributed by atoms with van der Waals surface area (Å²) in [4.78, 5) is 20.0. The van der Waals surface area contributed by atoms with Crippen LogP contribution in [0.25, 0.3) is 10.2 Å². The van der Waals surface area contributed by atoms with E-state index in [0.717, 1.165) is 10.2 Å². The molecule has 11 heteroatoms. The maximum absolute atomic E-state index is 13.7. The Balaban J connectivity index is 1.45. The van der Waals surface area contributed by atoms with Gasteiger partial charge in [0, 0.05) is 18.1 Å². The van der Waals surface area contributed by atoms with Crippen molar-refractivity contribution in [2.75, 3.05) is 18.0 Å². The molecule has 1 atom stereocenters. The number of carbonyl (C=O) groups is 1. The molecule has 1 fully saturated rings. The quantitative estimate of drug-likeness (QED) is 0.346. The molecule has 1 amide bonds. The fourth-order valence-electron chi connectivity index (χ4n) is 3.92. The van der Waals surface area contributed by atoms with Gasteiger partial charge < -0.3 is 4.42 Å². The second-order valence-corrected chi connectivity index (χ2v) is 12.3. The Hall–Kier alpha value is -2.24. The van der Waals surface area contributed by atoms with E-state index < -0.39 is 15.9 Å². The van der Waals surface area contributed by atoms with Gasteiger partial charge >= 0.3 is 0 Å². The van der Waals surface area contributed by atoms with Gasteiger partial charge in [0.1, 0.15) is 9.97 Å². The predicted octanol–water partition coefficient (Wildman–Crippen LogP) is 5.24. The second kappa shape index (κ2) is 9.19. The summed E-state index contributed by atoms with van der Waals surface area (Å²) in [6.45, 7) is 0.764. The maximum atomic E-state index is 13.7. The Labute approximate surface area is 204 Å². The number of aromatic nitrogens is 1. The van der Waals surface area contributed by atoms with E-state index in [9.17, 15) is 13.2 Å². The number of anilines is 1. The lowest BCUT2D eigenvalue weighted by atomic mass is 9.98. The van der Waals surface area contributed by atoms with Gasteiger partial charge in [0.15, 0.2) is 5.13 Å². The number of sulfonamides is 1. The van der Waals surface area contributed by atoms with Crippen LogP contribution >= 0.6 is 34.3 Å². The largest absolute Gasteiger partial charge is 0.467 e. The Bertz CT molecular complexity index is 1370. The minimum Gasteiger partial charge on any atom is -0.467 e. The summed E-state index contributed by atoms with van der Waals surface area (Å²) in [6.07, 6.45) is 2.79. The van der Waals surface area contributed by atoms with Gasteiger partial charge in [0.05, 0.1) is 28.9 Å². The van der Waals surface area contributed by atoms with E-state index in [4.69, 9.17) is 16.0 Å². The van der Waals surface area contributed by atoms with Crippen LogP contribution < -0.4 is 4.90 Å². The van der Waals surface area contributed by atoms with Gasteiger partial charge in [-0.3, -0.25) is 9.69 Å². The molecule has 0 N–H and O–H groups in total. The standard InChI is InChI=1S/C22H20ClN3O4S3/c23-16-7-8-18-19(12-16)32-22(24-18)26(14-17-5-2-10-30-17)21(27)15-4-1-9-25(13-15)33(28,29)20-6-3-11-31-20/h2-3,5-8,10-12,15H,1,4,9,13-14H2. The smallest absolute Gasteiger partial charge is 0.252 e. The summed E-state index contributed by atoms with van der Waals surface area (Å²) in [7, 11) is -3.62. The van der Waals surface area contributed by atoms with Crippen molar-refractivity contribution in [3.8, 4) is 0 Å². The molecule has 172 valence electrons. The van der Waals surface area contributed by atoms with Crippen LogP contribution in [0.2, 0.25) is 5.02 Å². The Kier molecular flexibility index (Phi) is 6.28. The van der Waals surface area contributed by atoms with Crippen molar-refractivity contribution in [3.63, 3.8) is 0 Å². The molecule has 0 radical (unpaired) electrons. The molecule has 1 aromatic carbocycles. The average molecular weight is 522 g/mol. The monoisotopic (exact) mass is 521 g/mol. The zero-order valence-electron chi connectivity index (χ0n) is 17.4. The number of amides is 1. The molecule has 4 heterocycles. The van der Waals surface area contributed by atoms with E-state index in [1.54, 1.807) is 46.9 Å². The molecular formula is C22H20ClN3O4S3. The lowest BCUT2D eigenvalue weighted by Gasteiger charge is -2.33. The summed E-state index contributed by atoms with van der Waals surface area (Å²) in [6, 6.07) is 12.3. The molecule has 1 saturated heterocycles. The van der Waals surface area contributed by atoms with Crippen LogP contribution in [0.5, 0.6) is 0 Å². The number of nitrogens with zero attached hydrogens (tertiary/aromatic N) is 3. The minimum atomic E-state index is -3.62. The molecule has 0 saturated carbocycles. The van der Waals surface area contributed by atoms with Crippen molar-refractivity contribution >= 4 is 65.6 Å². The molecule has 1 aliphatic heterocycles. The van der Waals surface area contributed by atoms with Crippen molar-refractivity contribution in [2.45, 2.75) is 23.6 Å². The molecule has 0 bridgehead atoms. The van der Waals surface area contributed by atoms with Crippen LogP contribution in [0, 0.1) is 5.92 Å². The highest BCUT2D eigenvalue weighted by Crippen LogP contribution is 2.34. The molecule has 1 unspecified atom stereocenters. The minimum absolute atomic E-state index is 0.143. The first-order valence-electron chi connectivity index (χ1n) is 10.4. The Morgan fingerprint density at radius 1 is 1.27 bits per heavy atom. The molecule has 4 aromatic rings. The van der Waals surface area contributed by atoms with Gasteiger partial charge in [0.2, 0.25) is 5.91 Å². The van der Waals surface area contributed by atoms with Gasteiger partial charge in [0.25, 0.3) is 10.0 Å². The second-order valence-electron chi connectivity index (χ2n) is 7.75. The van der Waals surface area contributed by atoms with Crippen LogP contribution in [0.4, 0.5) is 5.13 Å². The van der Waals surface area contributed by atoms with Crippen LogP contribution in [0.3, 0.4) is 0 Å². The number of furan rings is 1. The zero-order chi connectivity index (χ0) is 23.0. The highest BCUT2D eigenvalue weighted by Gasteiger charge is 2.36. The molecule has 1 aliphatic rings. The number of thiazole rings is 1. The number of benzene rings is 1. The fraction of sp³-hybridized carbons (Fsp3) is 0.273. The SMILES string of the molecule is O=C(C1CCCN(S(=O)(=O)c2cccs2)C1)N(Cc1ccco1)c1nc2ccc(Cl)cc2s1. The molecular weight excluding hydrogens is 502 g/mol. The van der Waals surface area contributed by atoms with Gasteiger partial charge in [-0.15, -0.1) is 11.3 Å². The normalized spacial score (nSPS) is 17.4. The van der Waals surface area contributed by atoms with E-state index in [1.807, 2.05) is 12.1 Å². The van der Waals surface area contributed by atoms with Crippen LogP contribution in [0.15, 0.2) is 62.7 Å². The van der Waals surface area contributed by atoms with Gasteiger partial charge in [-0.1, -0.05) is 29.0 Å². The number of halogens is 1. The van der Waals surface area contributed by atoms with Crippen molar-refractivity contribution in [2.24, 2.45) is 5.92 Å². The van der Waals surface area contributed by atoms with E-state index in [-0.39, 0.29) is 19.0 Å². The summed E-state index contributed by atoms with van der Waals surface area (Å²) in [5.74, 6) is -0.0128. The zero-order valence-corrected chi connectivity index (χ0v) is 20.6. The first-order chi connectivity index (χ1) is 15.9. The summed E-state index contributed by atoms with van der Waals surface area (Å²) < 4.78 is 34.2. The number of hydrogen-bond donors (Lipinski definition) is 0. The molecule has 0 spiro atoms. The Morgan fingerprint density at radius 3 is 2.91 bits per heavy atom. The van der Waals surface area contributed by atoms with Gasteiger partial charge in [-0.2, -0.15) is 4.31 Å². The topological polar surface area (TPSA) is 83.7 Å². The van der Waals surface area contributed by atoms with Crippen LogP contribution in [0.1, 0.15) is 18.6 Å². The number of fused-ring (bicyclic) bond motifs is 1. The summed E-state index contributed by atoms with van der Waals surface area (Å²) in [5, 5.41) is 2.87. The Morgan fingerprint density at radius 2 is 2.15 bits per heavy atom. The van der Waals surface area contributed by atoms with E-state index >= 15 is 0 Å². The van der Waals surface area contributed by atoms with Crippen molar-refractivity contribution < 1.29 is 17.6 Å². The van der Waals surface area contributed by atoms with Crippen molar-refractivity contribution in [3.05, 3.63) is 64.9 Å². The lowest BCUT2D eigenvalue weighted by Crippen LogP contribution is -2.46. The third-order valence-electron chi connectivity index (χ3n) is 5.55. The highest BCUT2D eigenvalue weighted by molar-refractivity contribution is 7.91. The molecule has 0 aliphatic carbocycles. The number of piperidine rings is 1. The van der Waals surface area contributed by atoms with E-state index in [0.29, 0.717) is 39.5 Å². The summed E-state index contributed by atoms with van der Waals surface area (Å²) >= 11 is 8.69. The number of hydrogen-bond acceptors (Lipinski definition) is 7. The summed E-state index contributed by atoms with van der Waals surface area (Å²) in [5.41, 5.74) is 0.752. The molecule has 33 heavy (non-hydrogen) atoms. The third-order valence-corrected chi connectivity index (χ3v) is 10.1.